The minimum Gasteiger partial charge on any atom is -0.476 e. The summed E-state index contributed by atoms with van der Waals surface area (Å²) in [5.74, 6) is -0.946. The average molecular weight is 196 g/mol. The van der Waals surface area contributed by atoms with E-state index in [1.807, 2.05) is 6.92 Å². The van der Waals surface area contributed by atoms with E-state index in [9.17, 15) is 4.79 Å². The Morgan fingerprint density at radius 1 is 1.77 bits per heavy atom. The summed E-state index contributed by atoms with van der Waals surface area (Å²) in [6.07, 6.45) is 2.46. The Morgan fingerprint density at radius 2 is 2.54 bits per heavy atom. The zero-order valence-corrected chi connectivity index (χ0v) is 7.84. The van der Waals surface area contributed by atoms with E-state index in [2.05, 4.69) is 9.98 Å². The normalized spacial score (nSPS) is 25.9. The second kappa shape index (κ2) is 2.99. The third-order valence-electron chi connectivity index (χ3n) is 1.90. The summed E-state index contributed by atoms with van der Waals surface area (Å²) in [6.45, 7) is 1.94. The molecule has 0 aromatic heterocycles. The fourth-order valence-electron chi connectivity index (χ4n) is 1.26. The molecule has 0 aliphatic carbocycles. The number of aliphatic imine (C=N–C) groups is 2. The van der Waals surface area contributed by atoms with Gasteiger partial charge in [-0.25, -0.2) is 9.79 Å². The van der Waals surface area contributed by atoms with Gasteiger partial charge in [0.25, 0.3) is 0 Å². The third-order valence-corrected chi connectivity index (χ3v) is 3.08. The molecule has 0 spiro atoms. The van der Waals surface area contributed by atoms with E-state index < -0.39 is 5.97 Å². The first kappa shape index (κ1) is 8.50. The maximum absolute atomic E-state index is 10.6. The van der Waals surface area contributed by atoms with Gasteiger partial charge < -0.3 is 5.11 Å². The highest BCUT2D eigenvalue weighted by atomic mass is 32.2. The van der Waals surface area contributed by atoms with Crippen molar-refractivity contribution in [3.05, 3.63) is 11.9 Å². The van der Waals surface area contributed by atoms with Crippen LogP contribution in [0.2, 0.25) is 0 Å². The fraction of sp³-hybridized carbons (Fsp3) is 0.375. The monoisotopic (exact) mass is 196 g/mol. The van der Waals surface area contributed by atoms with E-state index in [-0.39, 0.29) is 10.3 Å². The standard InChI is InChI=1S/C8H8N2O2S/c1-4-2-6-5(3-9-4)10-7(13-6)8(11)12/h3,6H,2H2,1H3,(H,11,12). The summed E-state index contributed by atoms with van der Waals surface area (Å²) in [5, 5.41) is 9.06. The molecule has 1 N–H and O–H groups in total. The van der Waals surface area contributed by atoms with Crippen LogP contribution in [0.1, 0.15) is 13.3 Å². The molecule has 0 saturated heterocycles. The van der Waals surface area contributed by atoms with E-state index in [1.165, 1.54) is 11.8 Å². The van der Waals surface area contributed by atoms with Gasteiger partial charge in [0.15, 0.2) is 5.04 Å². The maximum Gasteiger partial charge on any atom is 0.361 e. The summed E-state index contributed by atoms with van der Waals surface area (Å²) >= 11 is 1.31. The molecule has 2 aliphatic rings. The molecular weight excluding hydrogens is 188 g/mol. The van der Waals surface area contributed by atoms with Crippen LogP contribution in [0.25, 0.3) is 0 Å². The first-order valence-electron chi connectivity index (χ1n) is 3.89. The summed E-state index contributed by atoms with van der Waals surface area (Å²) in [6, 6.07) is 0. The number of carboxylic acids is 1. The van der Waals surface area contributed by atoms with Crippen LogP contribution in [0.15, 0.2) is 21.9 Å². The van der Waals surface area contributed by atoms with Crippen LogP contribution >= 0.6 is 11.8 Å². The molecule has 68 valence electrons. The SMILES string of the molecule is CC1=NC=C2N=C(C(=O)O)SC2C1. The van der Waals surface area contributed by atoms with Crippen LogP contribution < -0.4 is 0 Å². The number of carbonyl (C=O) groups is 1. The molecule has 1 atom stereocenters. The molecule has 2 heterocycles. The minimum atomic E-state index is -0.946. The number of hydrogen-bond donors (Lipinski definition) is 1. The zero-order valence-electron chi connectivity index (χ0n) is 7.02. The molecule has 0 saturated carbocycles. The number of rotatable bonds is 1. The molecule has 1 unspecified atom stereocenters. The number of aliphatic carboxylic acids is 1. The Morgan fingerprint density at radius 3 is 3.23 bits per heavy atom. The lowest BCUT2D eigenvalue weighted by Gasteiger charge is -2.12. The smallest absolute Gasteiger partial charge is 0.361 e. The van der Waals surface area contributed by atoms with E-state index in [0.29, 0.717) is 0 Å². The van der Waals surface area contributed by atoms with Crippen molar-refractivity contribution in [3.8, 4) is 0 Å². The molecule has 0 amide bonds. The first-order chi connectivity index (χ1) is 6.16. The predicted molar refractivity (Wildman–Crippen MR) is 52.3 cm³/mol. The molecule has 0 aromatic carbocycles. The maximum atomic E-state index is 10.6. The van der Waals surface area contributed by atoms with Crippen molar-refractivity contribution in [1.29, 1.82) is 0 Å². The van der Waals surface area contributed by atoms with Crippen LogP contribution in [0.3, 0.4) is 0 Å². The van der Waals surface area contributed by atoms with Gasteiger partial charge in [0.1, 0.15) is 0 Å². The van der Waals surface area contributed by atoms with Crippen molar-refractivity contribution in [3.63, 3.8) is 0 Å². The number of nitrogens with zero attached hydrogens (tertiary/aromatic N) is 2. The lowest BCUT2D eigenvalue weighted by Crippen LogP contribution is -2.12. The molecule has 0 bridgehead atoms. The lowest BCUT2D eigenvalue weighted by atomic mass is 10.1. The third kappa shape index (κ3) is 1.51. The van der Waals surface area contributed by atoms with Gasteiger partial charge in [0.2, 0.25) is 0 Å². The van der Waals surface area contributed by atoms with Gasteiger partial charge in [-0.3, -0.25) is 4.99 Å². The quantitative estimate of drug-likeness (QED) is 0.687. The zero-order chi connectivity index (χ0) is 9.42. The van der Waals surface area contributed by atoms with E-state index in [1.54, 1.807) is 6.20 Å². The minimum absolute atomic E-state index is 0.170. The summed E-state index contributed by atoms with van der Waals surface area (Å²) in [5.41, 5.74) is 1.82. The Hall–Kier alpha value is -1.10. The van der Waals surface area contributed by atoms with Crippen LogP contribution in [-0.4, -0.2) is 27.1 Å². The van der Waals surface area contributed by atoms with Gasteiger partial charge in [-0.05, 0) is 6.92 Å². The van der Waals surface area contributed by atoms with Crippen LogP contribution in [-0.2, 0) is 4.79 Å². The molecule has 2 rings (SSSR count). The summed E-state index contributed by atoms with van der Waals surface area (Å²) in [4.78, 5) is 18.7. The number of thioether (sulfide) groups is 1. The van der Waals surface area contributed by atoms with Gasteiger partial charge in [-0.15, -0.1) is 0 Å². The first-order valence-corrected chi connectivity index (χ1v) is 4.77. The molecule has 4 nitrogen and oxygen atoms in total. The number of fused-ring (bicyclic) bond motifs is 1. The molecule has 0 fully saturated rings. The fourth-order valence-corrected chi connectivity index (χ4v) is 2.35. The highest BCUT2D eigenvalue weighted by Gasteiger charge is 2.30. The van der Waals surface area contributed by atoms with Gasteiger partial charge in [0, 0.05) is 18.3 Å². The van der Waals surface area contributed by atoms with Gasteiger partial charge in [-0.1, -0.05) is 11.8 Å². The summed E-state index contributed by atoms with van der Waals surface area (Å²) < 4.78 is 0. The summed E-state index contributed by atoms with van der Waals surface area (Å²) in [7, 11) is 0. The molecule has 5 heteroatoms. The van der Waals surface area contributed by atoms with E-state index in [4.69, 9.17) is 5.11 Å². The van der Waals surface area contributed by atoms with Crippen molar-refractivity contribution < 1.29 is 9.90 Å². The van der Waals surface area contributed by atoms with Crippen molar-refractivity contribution in [2.24, 2.45) is 9.98 Å². The van der Waals surface area contributed by atoms with Gasteiger partial charge >= 0.3 is 5.97 Å². The van der Waals surface area contributed by atoms with Gasteiger partial charge in [-0.2, -0.15) is 0 Å². The van der Waals surface area contributed by atoms with Gasteiger partial charge in [0.05, 0.1) is 10.9 Å². The predicted octanol–water partition coefficient (Wildman–Crippen LogP) is 1.29. The molecule has 2 aliphatic heterocycles. The van der Waals surface area contributed by atoms with E-state index >= 15 is 0 Å². The van der Waals surface area contributed by atoms with Crippen molar-refractivity contribution in [1.82, 2.24) is 0 Å². The molecular formula is C8H8N2O2S. The van der Waals surface area contributed by atoms with Crippen LogP contribution in [0.4, 0.5) is 0 Å². The molecule has 13 heavy (non-hydrogen) atoms. The van der Waals surface area contributed by atoms with Crippen LogP contribution in [0.5, 0.6) is 0 Å². The Bertz CT molecular complexity index is 357. The van der Waals surface area contributed by atoms with E-state index in [0.717, 1.165) is 17.8 Å². The second-order valence-corrected chi connectivity index (χ2v) is 4.14. The Labute approximate surface area is 79.5 Å². The van der Waals surface area contributed by atoms with Crippen molar-refractivity contribution in [2.45, 2.75) is 18.6 Å². The number of hydrogen-bond acceptors (Lipinski definition) is 4. The highest BCUT2D eigenvalue weighted by Crippen LogP contribution is 2.34. The lowest BCUT2D eigenvalue weighted by molar-refractivity contribution is -0.129. The van der Waals surface area contributed by atoms with Crippen LogP contribution in [0, 0.1) is 0 Å². The topological polar surface area (TPSA) is 62.0 Å². The molecule has 0 aromatic rings. The Kier molecular flexibility index (Phi) is 1.95. The van der Waals surface area contributed by atoms with Crippen molar-refractivity contribution in [2.75, 3.05) is 0 Å². The number of carboxylic acid groups (broad SMARTS) is 1. The Balaban J connectivity index is 2.26. The second-order valence-electron chi connectivity index (χ2n) is 2.95. The average Bonchev–Trinajstić information content (AvgIpc) is 2.46. The van der Waals surface area contributed by atoms with Crippen molar-refractivity contribution >= 4 is 28.5 Å². The highest BCUT2D eigenvalue weighted by molar-refractivity contribution is 8.16. The molecule has 0 radical (unpaired) electrons. The largest absolute Gasteiger partial charge is 0.476 e.